The summed E-state index contributed by atoms with van der Waals surface area (Å²) in [6, 6.07) is 8.71. The lowest BCUT2D eigenvalue weighted by molar-refractivity contribution is 0.312. The van der Waals surface area contributed by atoms with Gasteiger partial charge in [0, 0.05) is 58.4 Å². The van der Waals surface area contributed by atoms with Crippen molar-refractivity contribution in [3.05, 3.63) is 30.3 Å². The molecule has 0 saturated carbocycles. The van der Waals surface area contributed by atoms with Gasteiger partial charge in [0.2, 0.25) is 10.0 Å². The maximum absolute atomic E-state index is 13.2. The van der Waals surface area contributed by atoms with Crippen LogP contribution in [0.2, 0.25) is 0 Å². The van der Waals surface area contributed by atoms with Crippen molar-refractivity contribution in [1.29, 1.82) is 0 Å². The first-order valence-electron chi connectivity index (χ1n) is 10.7. The molecule has 0 atom stereocenters. The van der Waals surface area contributed by atoms with Gasteiger partial charge in [0.15, 0.2) is 11.6 Å². The molecule has 10 nitrogen and oxygen atoms in total. The molecule has 1 aromatic carbocycles. The number of ether oxygens (including phenoxy) is 2. The molecule has 174 valence electrons. The van der Waals surface area contributed by atoms with Gasteiger partial charge in [0.25, 0.3) is 0 Å². The van der Waals surface area contributed by atoms with Gasteiger partial charge in [0.05, 0.1) is 14.2 Å². The molecule has 0 N–H and O–H groups in total. The van der Waals surface area contributed by atoms with Gasteiger partial charge in [0.1, 0.15) is 16.4 Å². The summed E-state index contributed by atoms with van der Waals surface area (Å²) in [7, 11) is 1.43. The molecule has 11 heteroatoms. The minimum Gasteiger partial charge on any atom is -0.497 e. The van der Waals surface area contributed by atoms with Crippen molar-refractivity contribution in [1.82, 2.24) is 19.4 Å². The largest absolute Gasteiger partial charge is 0.497 e. The third-order valence-electron chi connectivity index (χ3n) is 6.01. The molecular formula is C21H30N6O4S. The van der Waals surface area contributed by atoms with Crippen molar-refractivity contribution in [2.75, 3.05) is 83.4 Å². The fourth-order valence-electron chi connectivity index (χ4n) is 3.98. The molecule has 4 rings (SSSR count). The Kier molecular flexibility index (Phi) is 6.68. The van der Waals surface area contributed by atoms with E-state index in [9.17, 15) is 8.42 Å². The quantitative estimate of drug-likeness (QED) is 0.617. The third-order valence-corrected chi connectivity index (χ3v) is 7.95. The molecule has 2 fully saturated rings. The average Bonchev–Trinajstić information content (AvgIpc) is 2.84. The molecule has 2 aliphatic heterocycles. The molecule has 1 aromatic heterocycles. The van der Waals surface area contributed by atoms with E-state index in [4.69, 9.17) is 9.47 Å². The SMILES string of the molecule is COc1ccc(S(=O)(=O)N2CCN(c3ccc(N4CCN(C)CC4)nn3)CC2)c(OC)c1. The van der Waals surface area contributed by atoms with Crippen molar-refractivity contribution in [3.63, 3.8) is 0 Å². The van der Waals surface area contributed by atoms with Gasteiger partial charge in [-0.15, -0.1) is 10.2 Å². The first kappa shape index (κ1) is 22.6. The molecule has 2 aliphatic rings. The van der Waals surface area contributed by atoms with Crippen molar-refractivity contribution in [3.8, 4) is 11.5 Å². The first-order valence-corrected chi connectivity index (χ1v) is 12.1. The van der Waals surface area contributed by atoms with E-state index in [0.717, 1.165) is 37.8 Å². The van der Waals surface area contributed by atoms with Crippen LogP contribution in [-0.2, 0) is 10.0 Å². The zero-order valence-corrected chi connectivity index (χ0v) is 19.6. The van der Waals surface area contributed by atoms with E-state index in [2.05, 4.69) is 31.9 Å². The van der Waals surface area contributed by atoms with Crippen LogP contribution in [0.4, 0.5) is 11.6 Å². The normalized spacial score (nSPS) is 18.6. The number of methoxy groups -OCH3 is 2. The Morgan fingerprint density at radius 2 is 1.34 bits per heavy atom. The van der Waals surface area contributed by atoms with Gasteiger partial charge in [-0.05, 0) is 31.3 Å². The van der Waals surface area contributed by atoms with Crippen molar-refractivity contribution >= 4 is 21.7 Å². The summed E-state index contributed by atoms with van der Waals surface area (Å²) in [5.41, 5.74) is 0. The predicted octanol–water partition coefficient (Wildman–Crippen LogP) is 0.757. The lowest BCUT2D eigenvalue weighted by atomic mass is 10.3. The highest BCUT2D eigenvalue weighted by Crippen LogP contribution is 2.31. The number of anilines is 2. The highest BCUT2D eigenvalue weighted by molar-refractivity contribution is 7.89. The van der Waals surface area contributed by atoms with Gasteiger partial charge >= 0.3 is 0 Å². The highest BCUT2D eigenvalue weighted by Gasteiger charge is 2.31. The second-order valence-corrected chi connectivity index (χ2v) is 9.85. The van der Waals surface area contributed by atoms with Crippen LogP contribution < -0.4 is 19.3 Å². The minimum atomic E-state index is -3.68. The van der Waals surface area contributed by atoms with Crippen LogP contribution in [-0.4, -0.2) is 101 Å². The van der Waals surface area contributed by atoms with Crippen LogP contribution in [0, 0.1) is 0 Å². The van der Waals surface area contributed by atoms with E-state index in [-0.39, 0.29) is 10.6 Å². The lowest BCUT2D eigenvalue weighted by Crippen LogP contribution is -2.49. The smallest absolute Gasteiger partial charge is 0.246 e. The number of aromatic nitrogens is 2. The number of nitrogens with zero attached hydrogens (tertiary/aromatic N) is 6. The van der Waals surface area contributed by atoms with Gasteiger partial charge < -0.3 is 24.2 Å². The summed E-state index contributed by atoms with van der Waals surface area (Å²) in [6.07, 6.45) is 0. The van der Waals surface area contributed by atoms with Gasteiger partial charge in [-0.25, -0.2) is 8.42 Å². The number of benzene rings is 1. The van der Waals surface area contributed by atoms with Crippen LogP contribution in [0.5, 0.6) is 11.5 Å². The van der Waals surface area contributed by atoms with E-state index >= 15 is 0 Å². The Balaban J connectivity index is 1.41. The van der Waals surface area contributed by atoms with Crippen molar-refractivity contribution < 1.29 is 17.9 Å². The second kappa shape index (κ2) is 9.47. The molecule has 2 saturated heterocycles. The molecule has 0 aliphatic carbocycles. The standard InChI is InChI=1S/C21H30N6O4S/c1-24-8-10-25(11-9-24)20-6-7-21(23-22-20)26-12-14-27(15-13-26)32(28,29)19-5-4-17(30-2)16-18(19)31-3/h4-7,16H,8-15H2,1-3H3. The average molecular weight is 463 g/mol. The summed E-state index contributed by atoms with van der Waals surface area (Å²) in [4.78, 5) is 6.75. The summed E-state index contributed by atoms with van der Waals surface area (Å²) in [5.74, 6) is 2.47. The Morgan fingerprint density at radius 3 is 1.84 bits per heavy atom. The third kappa shape index (κ3) is 4.59. The van der Waals surface area contributed by atoms with Gasteiger partial charge in [-0.2, -0.15) is 4.31 Å². The minimum absolute atomic E-state index is 0.144. The molecule has 32 heavy (non-hydrogen) atoms. The van der Waals surface area contributed by atoms with E-state index in [0.29, 0.717) is 31.9 Å². The zero-order chi connectivity index (χ0) is 22.7. The zero-order valence-electron chi connectivity index (χ0n) is 18.8. The van der Waals surface area contributed by atoms with Crippen LogP contribution in [0.25, 0.3) is 0 Å². The summed E-state index contributed by atoms with van der Waals surface area (Å²) in [5, 5.41) is 8.82. The lowest BCUT2D eigenvalue weighted by Gasteiger charge is -2.35. The molecule has 0 unspecified atom stereocenters. The molecular weight excluding hydrogens is 432 g/mol. The maximum atomic E-state index is 13.2. The van der Waals surface area contributed by atoms with Gasteiger partial charge in [-0.3, -0.25) is 0 Å². The Hall–Kier alpha value is -2.63. The molecule has 0 radical (unpaired) electrons. The number of hydrogen-bond donors (Lipinski definition) is 0. The molecule has 0 spiro atoms. The summed E-state index contributed by atoms with van der Waals surface area (Å²) >= 11 is 0. The van der Waals surface area contributed by atoms with E-state index < -0.39 is 10.0 Å². The van der Waals surface area contributed by atoms with E-state index in [1.54, 1.807) is 12.1 Å². The fraction of sp³-hybridized carbons (Fsp3) is 0.524. The van der Waals surface area contributed by atoms with Crippen LogP contribution >= 0.6 is 0 Å². The van der Waals surface area contributed by atoms with Crippen LogP contribution in [0.3, 0.4) is 0 Å². The van der Waals surface area contributed by atoms with Gasteiger partial charge in [-0.1, -0.05) is 0 Å². The monoisotopic (exact) mass is 462 g/mol. The molecule has 0 amide bonds. The number of likely N-dealkylation sites (N-methyl/N-ethyl adjacent to an activating group) is 1. The van der Waals surface area contributed by atoms with Crippen LogP contribution in [0.15, 0.2) is 35.2 Å². The molecule has 0 bridgehead atoms. The number of rotatable bonds is 6. The Labute approximate surface area is 189 Å². The number of sulfonamides is 1. The second-order valence-electron chi connectivity index (χ2n) is 7.95. The first-order chi connectivity index (χ1) is 15.4. The molecule has 2 aromatic rings. The van der Waals surface area contributed by atoms with Crippen molar-refractivity contribution in [2.45, 2.75) is 4.90 Å². The molecule has 3 heterocycles. The summed E-state index contributed by atoms with van der Waals surface area (Å²) in [6.45, 7) is 5.71. The highest BCUT2D eigenvalue weighted by atomic mass is 32.2. The van der Waals surface area contributed by atoms with E-state index in [1.165, 1.54) is 24.6 Å². The van der Waals surface area contributed by atoms with Crippen molar-refractivity contribution in [2.24, 2.45) is 0 Å². The fourth-order valence-corrected chi connectivity index (χ4v) is 5.53. The maximum Gasteiger partial charge on any atom is 0.246 e. The van der Waals surface area contributed by atoms with Crippen LogP contribution in [0.1, 0.15) is 0 Å². The Bertz CT molecular complexity index is 1020. The predicted molar refractivity (Wildman–Crippen MR) is 122 cm³/mol. The number of piperazine rings is 2. The Morgan fingerprint density at radius 1 is 0.781 bits per heavy atom. The topological polar surface area (TPSA) is 91.3 Å². The number of hydrogen-bond acceptors (Lipinski definition) is 9. The summed E-state index contributed by atoms with van der Waals surface area (Å²) < 4.78 is 38.4. The van der Waals surface area contributed by atoms with E-state index in [1.807, 2.05) is 12.1 Å².